The molecule has 1 atom stereocenters. The highest BCUT2D eigenvalue weighted by atomic mass is 32.2. The van der Waals surface area contributed by atoms with E-state index in [4.69, 9.17) is 4.74 Å². The fourth-order valence-electron chi connectivity index (χ4n) is 3.17. The third-order valence-electron chi connectivity index (χ3n) is 4.90. The molecule has 2 aromatic heterocycles. The highest BCUT2D eigenvalue weighted by molar-refractivity contribution is 8.00. The third-order valence-corrected chi connectivity index (χ3v) is 6.76. The van der Waals surface area contributed by atoms with Gasteiger partial charge < -0.3 is 10.1 Å². The zero-order chi connectivity index (χ0) is 23.9. The number of nitrogens with zero attached hydrogens (tertiary/aromatic N) is 3. The topological polar surface area (TPSA) is 87.9 Å². The number of thioether (sulfide) groups is 1. The lowest BCUT2D eigenvalue weighted by atomic mass is 10.1. The van der Waals surface area contributed by atoms with Crippen LogP contribution in [-0.2, 0) is 4.79 Å². The molecule has 2 aromatic carbocycles. The van der Waals surface area contributed by atoms with Crippen LogP contribution in [0, 0.1) is 11.3 Å². The standard InChI is InChI=1S/C26H22N4O2S2/c1-3-32-21-12-9-19(10-13-21)23-16-33-26(29-23)30-24(31)17(2)34-25-20(15-27)11-14-22(28-25)18-7-5-4-6-8-18/h4-14,16-17H,3H2,1-2H3,(H,29,30,31). The van der Waals surface area contributed by atoms with Crippen molar-refractivity contribution in [1.82, 2.24) is 9.97 Å². The lowest BCUT2D eigenvalue weighted by Gasteiger charge is -2.12. The molecular weight excluding hydrogens is 464 g/mol. The van der Waals surface area contributed by atoms with Gasteiger partial charge in [-0.1, -0.05) is 42.1 Å². The first-order chi connectivity index (χ1) is 16.6. The number of hydrogen-bond donors (Lipinski definition) is 1. The predicted molar refractivity (Wildman–Crippen MR) is 137 cm³/mol. The molecule has 0 bridgehead atoms. The van der Waals surface area contributed by atoms with Crippen LogP contribution in [0.2, 0.25) is 0 Å². The van der Waals surface area contributed by atoms with Gasteiger partial charge in [-0.15, -0.1) is 11.3 Å². The Morgan fingerprint density at radius 3 is 2.50 bits per heavy atom. The first-order valence-electron chi connectivity index (χ1n) is 10.7. The second-order valence-electron chi connectivity index (χ2n) is 7.27. The Hall–Kier alpha value is -3.67. The van der Waals surface area contributed by atoms with E-state index < -0.39 is 5.25 Å². The Kier molecular flexibility index (Phi) is 7.58. The van der Waals surface area contributed by atoms with Crippen molar-refractivity contribution in [2.75, 3.05) is 11.9 Å². The summed E-state index contributed by atoms with van der Waals surface area (Å²) >= 11 is 2.62. The van der Waals surface area contributed by atoms with Crippen LogP contribution in [-0.4, -0.2) is 27.7 Å². The summed E-state index contributed by atoms with van der Waals surface area (Å²) in [6, 6.07) is 23.2. The molecule has 1 amide bonds. The van der Waals surface area contributed by atoms with E-state index in [1.807, 2.05) is 73.0 Å². The van der Waals surface area contributed by atoms with Crippen molar-refractivity contribution in [1.29, 1.82) is 5.26 Å². The summed E-state index contributed by atoms with van der Waals surface area (Å²) in [5.74, 6) is 0.607. The van der Waals surface area contributed by atoms with E-state index in [-0.39, 0.29) is 5.91 Å². The van der Waals surface area contributed by atoms with Crippen LogP contribution >= 0.6 is 23.1 Å². The van der Waals surface area contributed by atoms with Crippen LogP contribution in [0.4, 0.5) is 5.13 Å². The van der Waals surface area contributed by atoms with Crippen LogP contribution < -0.4 is 10.1 Å². The number of amides is 1. The SMILES string of the molecule is CCOc1ccc(-c2csc(NC(=O)C(C)Sc3nc(-c4ccccc4)ccc3C#N)n2)cc1. The van der Waals surface area contributed by atoms with E-state index in [9.17, 15) is 10.1 Å². The molecule has 0 saturated carbocycles. The molecule has 8 heteroatoms. The maximum Gasteiger partial charge on any atom is 0.239 e. The molecule has 0 aliphatic heterocycles. The lowest BCUT2D eigenvalue weighted by molar-refractivity contribution is -0.115. The van der Waals surface area contributed by atoms with Gasteiger partial charge in [-0.2, -0.15) is 5.26 Å². The minimum absolute atomic E-state index is 0.201. The molecule has 170 valence electrons. The number of nitriles is 1. The third kappa shape index (κ3) is 5.63. The summed E-state index contributed by atoms with van der Waals surface area (Å²) in [7, 11) is 0. The van der Waals surface area contributed by atoms with Gasteiger partial charge in [-0.3, -0.25) is 4.79 Å². The number of benzene rings is 2. The van der Waals surface area contributed by atoms with Crippen LogP contribution in [0.15, 0.2) is 77.1 Å². The highest BCUT2D eigenvalue weighted by Gasteiger charge is 2.19. The molecular formula is C26H22N4O2S2. The van der Waals surface area contributed by atoms with Crippen molar-refractivity contribution in [3.8, 4) is 34.3 Å². The zero-order valence-corrected chi connectivity index (χ0v) is 20.3. The van der Waals surface area contributed by atoms with E-state index in [1.165, 1.54) is 23.1 Å². The average molecular weight is 487 g/mol. The number of rotatable bonds is 8. The van der Waals surface area contributed by atoms with E-state index in [0.29, 0.717) is 22.3 Å². The summed E-state index contributed by atoms with van der Waals surface area (Å²) in [5.41, 5.74) is 3.89. The molecule has 1 N–H and O–H groups in total. The van der Waals surface area contributed by atoms with Crippen molar-refractivity contribution in [3.05, 3.63) is 77.7 Å². The van der Waals surface area contributed by atoms with Crippen LogP contribution in [0.5, 0.6) is 5.75 Å². The second kappa shape index (κ2) is 11.0. The molecule has 0 fully saturated rings. The fraction of sp³-hybridized carbons (Fsp3) is 0.154. The highest BCUT2D eigenvalue weighted by Crippen LogP contribution is 2.30. The second-order valence-corrected chi connectivity index (χ2v) is 9.46. The number of anilines is 1. The first kappa shape index (κ1) is 23.5. The number of thiazole rings is 1. The Morgan fingerprint density at radius 2 is 1.79 bits per heavy atom. The molecule has 1 unspecified atom stereocenters. The molecule has 2 heterocycles. The van der Waals surface area contributed by atoms with Gasteiger partial charge in [0, 0.05) is 16.5 Å². The van der Waals surface area contributed by atoms with Gasteiger partial charge in [0.25, 0.3) is 0 Å². The quantitative estimate of drug-likeness (QED) is 0.296. The summed E-state index contributed by atoms with van der Waals surface area (Å²) in [5, 5.41) is 14.9. The number of hydrogen-bond acceptors (Lipinski definition) is 7. The molecule has 4 aromatic rings. The van der Waals surface area contributed by atoms with Crippen molar-refractivity contribution < 1.29 is 9.53 Å². The first-order valence-corrected chi connectivity index (χ1v) is 12.5. The Morgan fingerprint density at radius 1 is 1.06 bits per heavy atom. The minimum atomic E-state index is -0.469. The number of carbonyl (C=O) groups excluding carboxylic acids is 1. The van der Waals surface area contributed by atoms with Gasteiger partial charge in [0.15, 0.2) is 5.13 Å². The van der Waals surface area contributed by atoms with Gasteiger partial charge in [-0.05, 0) is 50.2 Å². The Balaban J connectivity index is 1.44. The predicted octanol–water partition coefficient (Wildman–Crippen LogP) is 6.26. The summed E-state index contributed by atoms with van der Waals surface area (Å²) in [6.07, 6.45) is 0. The van der Waals surface area contributed by atoms with Crippen LogP contribution in [0.25, 0.3) is 22.5 Å². The van der Waals surface area contributed by atoms with Gasteiger partial charge in [0.1, 0.15) is 16.8 Å². The molecule has 0 radical (unpaired) electrons. The summed E-state index contributed by atoms with van der Waals surface area (Å²) in [4.78, 5) is 22.0. The Labute approximate surface area is 206 Å². The maximum absolute atomic E-state index is 12.8. The molecule has 0 aliphatic carbocycles. The summed E-state index contributed by atoms with van der Waals surface area (Å²) < 4.78 is 5.48. The Bertz CT molecular complexity index is 1310. The van der Waals surface area contributed by atoms with Crippen molar-refractivity contribution in [2.24, 2.45) is 0 Å². The van der Waals surface area contributed by atoms with E-state index in [0.717, 1.165) is 28.3 Å². The normalized spacial score (nSPS) is 11.4. The fourth-order valence-corrected chi connectivity index (χ4v) is 4.78. The molecule has 0 saturated heterocycles. The monoisotopic (exact) mass is 486 g/mol. The van der Waals surface area contributed by atoms with Crippen molar-refractivity contribution in [3.63, 3.8) is 0 Å². The van der Waals surface area contributed by atoms with E-state index >= 15 is 0 Å². The number of aromatic nitrogens is 2. The lowest BCUT2D eigenvalue weighted by Crippen LogP contribution is -2.22. The number of nitrogens with one attached hydrogen (secondary N) is 1. The number of pyridine rings is 1. The largest absolute Gasteiger partial charge is 0.494 e. The average Bonchev–Trinajstić information content (AvgIpc) is 3.33. The van der Waals surface area contributed by atoms with Crippen molar-refractivity contribution >= 4 is 34.1 Å². The van der Waals surface area contributed by atoms with Gasteiger partial charge in [0.2, 0.25) is 5.91 Å². The number of ether oxygens (including phenoxy) is 1. The van der Waals surface area contributed by atoms with Crippen LogP contribution in [0.1, 0.15) is 19.4 Å². The number of carbonyl (C=O) groups is 1. The maximum atomic E-state index is 12.8. The molecule has 6 nitrogen and oxygen atoms in total. The molecule has 0 spiro atoms. The molecule has 4 rings (SSSR count). The van der Waals surface area contributed by atoms with Gasteiger partial charge in [0.05, 0.1) is 28.8 Å². The minimum Gasteiger partial charge on any atom is -0.494 e. The van der Waals surface area contributed by atoms with Crippen LogP contribution in [0.3, 0.4) is 0 Å². The molecule has 34 heavy (non-hydrogen) atoms. The zero-order valence-electron chi connectivity index (χ0n) is 18.7. The van der Waals surface area contributed by atoms with Gasteiger partial charge >= 0.3 is 0 Å². The van der Waals surface area contributed by atoms with E-state index in [2.05, 4.69) is 21.4 Å². The molecule has 0 aliphatic rings. The van der Waals surface area contributed by atoms with E-state index in [1.54, 1.807) is 13.0 Å². The summed E-state index contributed by atoms with van der Waals surface area (Å²) in [6.45, 7) is 4.35. The van der Waals surface area contributed by atoms with Gasteiger partial charge in [-0.25, -0.2) is 9.97 Å². The smallest absolute Gasteiger partial charge is 0.239 e. The van der Waals surface area contributed by atoms with Crippen molar-refractivity contribution in [2.45, 2.75) is 24.1 Å².